The van der Waals surface area contributed by atoms with Gasteiger partial charge in [0.15, 0.2) is 0 Å². The van der Waals surface area contributed by atoms with E-state index in [-0.39, 0.29) is 10.7 Å². The highest BCUT2D eigenvalue weighted by Crippen LogP contribution is 2.46. The van der Waals surface area contributed by atoms with Crippen LogP contribution in [0.1, 0.15) is 56.6 Å². The Bertz CT molecular complexity index is 507. The molecule has 0 spiro atoms. The largest absolute Gasteiger partial charge is 0.507 e. The van der Waals surface area contributed by atoms with E-state index in [2.05, 4.69) is 51.7 Å². The fourth-order valence-electron chi connectivity index (χ4n) is 2.54. The van der Waals surface area contributed by atoms with Crippen molar-refractivity contribution in [2.24, 2.45) is 5.41 Å². The van der Waals surface area contributed by atoms with Crippen molar-refractivity contribution in [1.82, 2.24) is 4.90 Å². The fraction of sp³-hybridized carbons (Fsp3) is 0.611. The van der Waals surface area contributed by atoms with Gasteiger partial charge in [-0.3, -0.25) is 0 Å². The van der Waals surface area contributed by atoms with Crippen LogP contribution in [0.5, 0.6) is 5.75 Å². The second kappa shape index (κ2) is 7.69. The Morgan fingerprint density at radius 3 is 2.00 bits per heavy atom. The number of thiocarbonyl (C=S) groups is 1. The van der Waals surface area contributed by atoms with Crippen LogP contribution in [0.3, 0.4) is 0 Å². The SMILES string of the molecule is CCN(CC)C(=S)SC(c1cc(C)c(O)c(C)c1)C(C)(C)C. The summed E-state index contributed by atoms with van der Waals surface area (Å²) in [6, 6.07) is 4.19. The first-order valence-corrected chi connectivity index (χ1v) is 9.16. The summed E-state index contributed by atoms with van der Waals surface area (Å²) in [4.78, 5) is 2.22. The summed E-state index contributed by atoms with van der Waals surface area (Å²) < 4.78 is 0.952. The molecule has 22 heavy (non-hydrogen) atoms. The van der Waals surface area contributed by atoms with E-state index in [1.54, 1.807) is 11.8 Å². The van der Waals surface area contributed by atoms with E-state index in [1.807, 2.05) is 13.8 Å². The third-order valence-corrected chi connectivity index (χ3v) is 6.06. The zero-order valence-corrected chi connectivity index (χ0v) is 16.5. The number of rotatable bonds is 4. The number of aryl methyl sites for hydroxylation is 2. The summed E-state index contributed by atoms with van der Waals surface area (Å²) in [5.74, 6) is 0.396. The predicted octanol–water partition coefficient (Wildman–Crippen LogP) is 5.46. The molecule has 1 unspecified atom stereocenters. The lowest BCUT2D eigenvalue weighted by Crippen LogP contribution is -2.29. The number of aromatic hydroxyl groups is 1. The fourth-order valence-corrected chi connectivity index (χ4v) is 4.32. The van der Waals surface area contributed by atoms with Crippen molar-refractivity contribution in [3.05, 3.63) is 28.8 Å². The van der Waals surface area contributed by atoms with Crippen LogP contribution in [0.4, 0.5) is 0 Å². The summed E-state index contributed by atoms with van der Waals surface area (Å²) in [5.41, 5.74) is 3.18. The number of hydrogen-bond acceptors (Lipinski definition) is 3. The van der Waals surface area contributed by atoms with Crippen molar-refractivity contribution in [1.29, 1.82) is 0 Å². The second-order valence-corrected chi connectivity index (χ2v) is 8.54. The van der Waals surface area contributed by atoms with Crippen LogP contribution in [0.25, 0.3) is 0 Å². The molecular weight excluding hydrogens is 310 g/mol. The zero-order chi connectivity index (χ0) is 17.1. The smallest absolute Gasteiger partial charge is 0.136 e. The van der Waals surface area contributed by atoms with E-state index >= 15 is 0 Å². The standard InChI is InChI=1S/C18H29NOS2/c1-8-19(9-2)17(21)22-16(18(5,6)7)14-10-12(3)15(20)13(4)11-14/h10-11,16,20H,8-9H2,1-7H3. The number of thioether (sulfide) groups is 1. The molecule has 0 saturated heterocycles. The number of phenolic OH excluding ortho intramolecular Hbond substituents is 1. The van der Waals surface area contributed by atoms with Gasteiger partial charge in [-0.2, -0.15) is 0 Å². The third kappa shape index (κ3) is 4.63. The van der Waals surface area contributed by atoms with E-state index in [0.29, 0.717) is 5.75 Å². The molecule has 2 nitrogen and oxygen atoms in total. The molecular formula is C18H29NOS2. The maximum atomic E-state index is 10.0. The molecule has 0 aliphatic heterocycles. The van der Waals surface area contributed by atoms with Crippen molar-refractivity contribution >= 4 is 28.3 Å². The van der Waals surface area contributed by atoms with Crippen LogP contribution in [0.2, 0.25) is 0 Å². The molecule has 0 fully saturated rings. The van der Waals surface area contributed by atoms with Crippen molar-refractivity contribution in [2.45, 2.75) is 53.7 Å². The van der Waals surface area contributed by atoms with Gasteiger partial charge in [-0.1, -0.05) is 56.9 Å². The molecule has 124 valence electrons. The maximum Gasteiger partial charge on any atom is 0.136 e. The van der Waals surface area contributed by atoms with E-state index in [4.69, 9.17) is 12.2 Å². The summed E-state index contributed by atoms with van der Waals surface area (Å²) in [7, 11) is 0. The number of phenols is 1. The van der Waals surface area contributed by atoms with Crippen LogP contribution >= 0.6 is 24.0 Å². The van der Waals surface area contributed by atoms with E-state index in [1.165, 1.54) is 5.56 Å². The molecule has 0 radical (unpaired) electrons. The molecule has 0 saturated carbocycles. The van der Waals surface area contributed by atoms with Gasteiger partial charge < -0.3 is 10.0 Å². The Labute approximate surface area is 145 Å². The lowest BCUT2D eigenvalue weighted by Gasteiger charge is -2.33. The Morgan fingerprint density at radius 1 is 1.18 bits per heavy atom. The van der Waals surface area contributed by atoms with Crippen molar-refractivity contribution in [3.63, 3.8) is 0 Å². The van der Waals surface area contributed by atoms with Gasteiger partial charge >= 0.3 is 0 Å². The number of nitrogens with zero attached hydrogens (tertiary/aromatic N) is 1. The molecule has 1 atom stereocenters. The molecule has 0 aliphatic carbocycles. The molecule has 1 rings (SSSR count). The Kier molecular flexibility index (Phi) is 6.75. The molecule has 1 N–H and O–H groups in total. The lowest BCUT2D eigenvalue weighted by molar-refractivity contribution is 0.400. The molecule has 0 aromatic heterocycles. The Morgan fingerprint density at radius 2 is 1.64 bits per heavy atom. The maximum absolute atomic E-state index is 10.0. The highest BCUT2D eigenvalue weighted by Gasteiger charge is 2.30. The van der Waals surface area contributed by atoms with E-state index < -0.39 is 0 Å². The van der Waals surface area contributed by atoms with E-state index in [0.717, 1.165) is 28.5 Å². The van der Waals surface area contributed by atoms with Crippen molar-refractivity contribution in [2.75, 3.05) is 13.1 Å². The molecule has 4 heteroatoms. The molecule has 1 aromatic rings. The van der Waals surface area contributed by atoms with Gasteiger partial charge in [0.1, 0.15) is 10.1 Å². The van der Waals surface area contributed by atoms with Gasteiger partial charge in [0.2, 0.25) is 0 Å². The number of hydrogen-bond donors (Lipinski definition) is 1. The van der Waals surface area contributed by atoms with Gasteiger partial charge in [0.25, 0.3) is 0 Å². The first-order chi connectivity index (χ1) is 10.1. The molecule has 0 amide bonds. The van der Waals surface area contributed by atoms with Gasteiger partial charge in [0, 0.05) is 18.3 Å². The third-order valence-electron chi connectivity index (χ3n) is 3.84. The van der Waals surface area contributed by atoms with Gasteiger partial charge in [-0.05, 0) is 49.8 Å². The minimum atomic E-state index is 0.0811. The quantitative estimate of drug-likeness (QED) is 0.736. The first kappa shape index (κ1) is 19.3. The Hall–Kier alpha value is -0.740. The summed E-state index contributed by atoms with van der Waals surface area (Å²) in [6.07, 6.45) is 0. The van der Waals surface area contributed by atoms with Crippen LogP contribution in [0.15, 0.2) is 12.1 Å². The van der Waals surface area contributed by atoms with Gasteiger partial charge in [-0.15, -0.1) is 0 Å². The molecule has 0 heterocycles. The molecule has 1 aromatic carbocycles. The average Bonchev–Trinajstić information content (AvgIpc) is 2.41. The normalized spacial score (nSPS) is 13.0. The topological polar surface area (TPSA) is 23.5 Å². The Balaban J connectivity index is 3.18. The molecule has 0 aliphatic rings. The zero-order valence-electron chi connectivity index (χ0n) is 14.9. The summed E-state index contributed by atoms with van der Waals surface area (Å²) >= 11 is 7.41. The van der Waals surface area contributed by atoms with E-state index in [9.17, 15) is 5.11 Å². The van der Waals surface area contributed by atoms with Crippen LogP contribution in [-0.4, -0.2) is 27.4 Å². The van der Waals surface area contributed by atoms with Gasteiger partial charge in [0.05, 0.1) is 0 Å². The van der Waals surface area contributed by atoms with Crippen molar-refractivity contribution in [3.8, 4) is 5.75 Å². The van der Waals surface area contributed by atoms with Crippen LogP contribution < -0.4 is 0 Å². The average molecular weight is 340 g/mol. The minimum Gasteiger partial charge on any atom is -0.507 e. The van der Waals surface area contributed by atoms with Crippen LogP contribution in [0, 0.1) is 19.3 Å². The lowest BCUT2D eigenvalue weighted by atomic mass is 9.86. The monoisotopic (exact) mass is 339 g/mol. The highest BCUT2D eigenvalue weighted by atomic mass is 32.2. The summed E-state index contributed by atoms with van der Waals surface area (Å²) in [5, 5.41) is 10.3. The summed E-state index contributed by atoms with van der Waals surface area (Å²) in [6.45, 7) is 16.8. The molecule has 0 bridgehead atoms. The minimum absolute atomic E-state index is 0.0811. The predicted molar refractivity (Wildman–Crippen MR) is 103 cm³/mol. The first-order valence-electron chi connectivity index (χ1n) is 7.87. The second-order valence-electron chi connectivity index (χ2n) is 6.81. The highest BCUT2D eigenvalue weighted by molar-refractivity contribution is 8.23. The van der Waals surface area contributed by atoms with Crippen LogP contribution in [-0.2, 0) is 0 Å². The van der Waals surface area contributed by atoms with Gasteiger partial charge in [-0.25, -0.2) is 0 Å². The van der Waals surface area contributed by atoms with Crippen molar-refractivity contribution < 1.29 is 5.11 Å². The number of benzene rings is 1.